The topological polar surface area (TPSA) is 43.8 Å². The second-order valence-corrected chi connectivity index (χ2v) is 6.13. The van der Waals surface area contributed by atoms with Crippen molar-refractivity contribution in [2.75, 3.05) is 0 Å². The molecule has 0 amide bonds. The van der Waals surface area contributed by atoms with Crippen LogP contribution in [0.5, 0.6) is 0 Å². The van der Waals surface area contributed by atoms with Gasteiger partial charge >= 0.3 is 0 Å². The molecule has 0 aliphatic heterocycles. The Morgan fingerprint density at radius 3 is 2.37 bits per heavy atom. The summed E-state index contributed by atoms with van der Waals surface area (Å²) in [5.74, 6) is 0.936. The highest BCUT2D eigenvalue weighted by Gasteiger charge is 2.25. The van der Waals surface area contributed by atoms with Gasteiger partial charge in [-0.05, 0) is 51.9 Å². The minimum Gasteiger partial charge on any atom is -0.324 e. The first-order valence-corrected chi connectivity index (χ1v) is 7.89. The number of nitrogens with zero attached hydrogens (tertiary/aromatic N) is 2. The number of aryl methyl sites for hydroxylation is 1. The van der Waals surface area contributed by atoms with E-state index >= 15 is 0 Å². The summed E-state index contributed by atoms with van der Waals surface area (Å²) in [5.41, 5.74) is 9.93. The Bertz CT molecular complexity index is 414. The summed E-state index contributed by atoms with van der Waals surface area (Å²) in [7, 11) is 0. The van der Waals surface area contributed by atoms with E-state index in [0.717, 1.165) is 18.0 Å². The summed E-state index contributed by atoms with van der Waals surface area (Å²) in [5, 5.41) is 4.79. The van der Waals surface area contributed by atoms with Gasteiger partial charge in [-0.1, -0.05) is 20.3 Å². The van der Waals surface area contributed by atoms with Gasteiger partial charge in [0, 0.05) is 17.3 Å². The maximum absolute atomic E-state index is 6.23. The summed E-state index contributed by atoms with van der Waals surface area (Å²) in [6, 6.07) is 0.736. The Morgan fingerprint density at radius 2 is 1.84 bits per heavy atom. The number of rotatable bonds is 4. The molecule has 0 radical (unpaired) electrons. The monoisotopic (exact) mass is 263 g/mol. The molecule has 3 heteroatoms. The zero-order valence-corrected chi connectivity index (χ0v) is 12.9. The molecule has 0 aromatic carbocycles. The smallest absolute Gasteiger partial charge is 0.0644 e. The van der Waals surface area contributed by atoms with E-state index in [1.807, 2.05) is 0 Å². The van der Waals surface area contributed by atoms with Crippen molar-refractivity contribution in [2.45, 2.75) is 78.3 Å². The summed E-state index contributed by atoms with van der Waals surface area (Å²) in [4.78, 5) is 0. The van der Waals surface area contributed by atoms with Crippen molar-refractivity contribution in [3.8, 4) is 0 Å². The fraction of sp³-hybridized carbons (Fsp3) is 0.812. The lowest BCUT2D eigenvalue weighted by molar-refractivity contribution is 0.253. The molecule has 1 atom stereocenters. The van der Waals surface area contributed by atoms with Gasteiger partial charge in [0.25, 0.3) is 0 Å². The van der Waals surface area contributed by atoms with Crippen molar-refractivity contribution in [1.29, 1.82) is 0 Å². The van der Waals surface area contributed by atoms with Crippen LogP contribution < -0.4 is 5.73 Å². The summed E-state index contributed by atoms with van der Waals surface area (Å²) in [6.07, 6.45) is 7.58. The summed E-state index contributed by atoms with van der Waals surface area (Å²) in [6.45, 7) is 8.75. The molecule has 0 saturated heterocycles. The summed E-state index contributed by atoms with van der Waals surface area (Å²) >= 11 is 0. The molecule has 2 N–H and O–H groups in total. The van der Waals surface area contributed by atoms with Gasteiger partial charge in [-0.25, -0.2) is 0 Å². The third-order valence-corrected chi connectivity index (χ3v) is 4.93. The van der Waals surface area contributed by atoms with Gasteiger partial charge < -0.3 is 5.73 Å². The molecular weight excluding hydrogens is 234 g/mol. The minimum atomic E-state index is 0.140. The van der Waals surface area contributed by atoms with Crippen LogP contribution >= 0.6 is 0 Å². The van der Waals surface area contributed by atoms with Crippen LogP contribution in [0, 0.1) is 19.8 Å². The lowest BCUT2D eigenvalue weighted by Gasteiger charge is -2.29. The van der Waals surface area contributed by atoms with Crippen molar-refractivity contribution in [2.24, 2.45) is 11.7 Å². The average Bonchev–Trinajstić information content (AvgIpc) is 2.73. The molecule has 1 aromatic rings. The van der Waals surface area contributed by atoms with E-state index in [1.54, 1.807) is 0 Å². The molecule has 0 bridgehead atoms. The van der Waals surface area contributed by atoms with Gasteiger partial charge in [0.1, 0.15) is 0 Å². The molecule has 1 saturated carbocycles. The van der Waals surface area contributed by atoms with Gasteiger partial charge in [-0.15, -0.1) is 0 Å². The number of aromatic nitrogens is 2. The predicted octanol–water partition coefficient (Wildman–Crippen LogP) is 4.05. The number of hydrogen-bond acceptors (Lipinski definition) is 2. The van der Waals surface area contributed by atoms with E-state index in [-0.39, 0.29) is 6.04 Å². The fourth-order valence-electron chi connectivity index (χ4n) is 3.57. The Hall–Kier alpha value is -0.830. The van der Waals surface area contributed by atoms with Crippen LogP contribution in [-0.2, 0) is 0 Å². The van der Waals surface area contributed by atoms with Crippen molar-refractivity contribution >= 4 is 0 Å². The van der Waals surface area contributed by atoms with Crippen LogP contribution in [0.4, 0.5) is 0 Å². The van der Waals surface area contributed by atoms with Crippen LogP contribution in [0.2, 0.25) is 0 Å². The highest BCUT2D eigenvalue weighted by Crippen LogP contribution is 2.35. The molecule has 0 spiro atoms. The third-order valence-electron chi connectivity index (χ3n) is 4.93. The van der Waals surface area contributed by atoms with E-state index in [1.165, 1.54) is 43.4 Å². The molecule has 108 valence electrons. The minimum absolute atomic E-state index is 0.140. The van der Waals surface area contributed by atoms with Gasteiger partial charge in [-0.3, -0.25) is 4.68 Å². The number of nitrogens with two attached hydrogens (primary N) is 1. The van der Waals surface area contributed by atoms with Crippen molar-refractivity contribution < 1.29 is 0 Å². The normalized spacial score (nSPS) is 25.5. The number of hydrogen-bond donors (Lipinski definition) is 1. The van der Waals surface area contributed by atoms with Crippen LogP contribution in [0.3, 0.4) is 0 Å². The molecule has 1 aromatic heterocycles. The highest BCUT2D eigenvalue weighted by atomic mass is 15.3. The molecule has 1 aliphatic carbocycles. The van der Waals surface area contributed by atoms with E-state index in [0.29, 0.717) is 6.04 Å². The van der Waals surface area contributed by atoms with Crippen LogP contribution in [0.25, 0.3) is 0 Å². The van der Waals surface area contributed by atoms with E-state index in [4.69, 9.17) is 10.8 Å². The Kier molecular flexibility index (Phi) is 4.67. The average molecular weight is 263 g/mol. The van der Waals surface area contributed by atoms with Gasteiger partial charge in [0.2, 0.25) is 0 Å². The zero-order valence-electron chi connectivity index (χ0n) is 12.9. The van der Waals surface area contributed by atoms with E-state index in [9.17, 15) is 0 Å². The second kappa shape index (κ2) is 6.08. The molecular formula is C16H29N3. The lowest BCUT2D eigenvalue weighted by Crippen LogP contribution is -2.20. The highest BCUT2D eigenvalue weighted by molar-refractivity contribution is 5.28. The van der Waals surface area contributed by atoms with Crippen molar-refractivity contribution in [1.82, 2.24) is 9.78 Å². The van der Waals surface area contributed by atoms with Gasteiger partial charge in [0.05, 0.1) is 11.7 Å². The van der Waals surface area contributed by atoms with Crippen LogP contribution in [-0.4, -0.2) is 9.78 Å². The van der Waals surface area contributed by atoms with E-state index < -0.39 is 0 Å². The Labute approximate surface area is 117 Å². The third kappa shape index (κ3) is 2.86. The first kappa shape index (κ1) is 14.6. The van der Waals surface area contributed by atoms with Crippen LogP contribution in [0.1, 0.15) is 81.4 Å². The van der Waals surface area contributed by atoms with Crippen molar-refractivity contribution in [3.63, 3.8) is 0 Å². The second-order valence-electron chi connectivity index (χ2n) is 6.13. The van der Waals surface area contributed by atoms with Crippen LogP contribution in [0.15, 0.2) is 0 Å². The molecule has 1 fully saturated rings. The SMILES string of the molecule is CCC1CCC(n2nc(C)c(C(N)CC)c2C)CC1. The molecule has 1 unspecified atom stereocenters. The maximum Gasteiger partial charge on any atom is 0.0644 e. The summed E-state index contributed by atoms with van der Waals surface area (Å²) < 4.78 is 2.27. The molecule has 3 nitrogen and oxygen atoms in total. The van der Waals surface area contributed by atoms with Gasteiger partial charge in [-0.2, -0.15) is 5.10 Å². The molecule has 1 heterocycles. The Balaban J connectivity index is 2.18. The maximum atomic E-state index is 6.23. The predicted molar refractivity (Wildman–Crippen MR) is 80.2 cm³/mol. The zero-order chi connectivity index (χ0) is 14.0. The standard InChI is InChI=1S/C16H29N3/c1-5-13-7-9-14(10-8-13)19-12(4)16(11(3)18-19)15(17)6-2/h13-15H,5-10,17H2,1-4H3. The first-order chi connectivity index (χ1) is 9.08. The Morgan fingerprint density at radius 1 is 1.21 bits per heavy atom. The van der Waals surface area contributed by atoms with E-state index in [2.05, 4.69) is 32.4 Å². The van der Waals surface area contributed by atoms with Crippen molar-refractivity contribution in [3.05, 3.63) is 17.0 Å². The first-order valence-electron chi connectivity index (χ1n) is 7.89. The molecule has 2 rings (SSSR count). The fourth-order valence-corrected chi connectivity index (χ4v) is 3.57. The quantitative estimate of drug-likeness (QED) is 0.890. The van der Waals surface area contributed by atoms with Gasteiger partial charge in [0.15, 0.2) is 0 Å². The largest absolute Gasteiger partial charge is 0.324 e. The molecule has 1 aliphatic rings. The lowest BCUT2D eigenvalue weighted by atomic mass is 9.84. The molecule has 19 heavy (non-hydrogen) atoms.